The Hall–Kier alpha value is -0.860. The van der Waals surface area contributed by atoms with E-state index < -0.39 is 0 Å². The number of benzene rings is 1. The number of rotatable bonds is 10. The van der Waals surface area contributed by atoms with Crippen LogP contribution in [0.4, 0.5) is 0 Å². The number of likely N-dealkylation sites (N-methyl/N-ethyl adjacent to an activating group) is 1. The first-order valence-electron chi connectivity index (χ1n) is 7.24. The monoisotopic (exact) mass is 249 g/mol. The minimum absolute atomic E-state index is 0.322. The minimum Gasteiger partial charge on any atom is -0.379 e. The van der Waals surface area contributed by atoms with Gasteiger partial charge in [-0.15, -0.1) is 0 Å². The summed E-state index contributed by atoms with van der Waals surface area (Å²) in [4.78, 5) is 0. The molecule has 1 aromatic rings. The predicted molar refractivity (Wildman–Crippen MR) is 77.8 cm³/mol. The summed E-state index contributed by atoms with van der Waals surface area (Å²) in [5.41, 5.74) is 1.31. The molecule has 18 heavy (non-hydrogen) atoms. The van der Waals surface area contributed by atoms with Crippen molar-refractivity contribution in [1.82, 2.24) is 5.32 Å². The van der Waals surface area contributed by atoms with Crippen molar-refractivity contribution in [3.8, 4) is 0 Å². The molecule has 0 aliphatic carbocycles. The van der Waals surface area contributed by atoms with Crippen molar-refractivity contribution >= 4 is 0 Å². The van der Waals surface area contributed by atoms with Gasteiger partial charge in [0, 0.05) is 6.61 Å². The summed E-state index contributed by atoms with van der Waals surface area (Å²) in [6.07, 6.45) is 5.07. The molecule has 0 aliphatic rings. The molecule has 0 aromatic heterocycles. The Morgan fingerprint density at radius 1 is 1.06 bits per heavy atom. The lowest BCUT2D eigenvalue weighted by Crippen LogP contribution is -2.25. The number of hydrogen-bond acceptors (Lipinski definition) is 2. The minimum atomic E-state index is 0.322. The zero-order valence-electron chi connectivity index (χ0n) is 11.8. The summed E-state index contributed by atoms with van der Waals surface area (Å²) >= 11 is 0. The standard InChI is InChI=1S/C16H27NO/c1-3-5-6-10-13-18-14-16(17-4-2)15-11-8-7-9-12-15/h7-9,11-12,16-17H,3-6,10,13-14H2,1-2H3. The van der Waals surface area contributed by atoms with Crippen molar-refractivity contribution in [2.75, 3.05) is 19.8 Å². The van der Waals surface area contributed by atoms with Gasteiger partial charge in [0.1, 0.15) is 0 Å². The van der Waals surface area contributed by atoms with Gasteiger partial charge in [-0.25, -0.2) is 0 Å². The van der Waals surface area contributed by atoms with Crippen molar-refractivity contribution in [2.24, 2.45) is 0 Å². The molecule has 1 unspecified atom stereocenters. The van der Waals surface area contributed by atoms with Gasteiger partial charge in [0.05, 0.1) is 12.6 Å². The van der Waals surface area contributed by atoms with E-state index in [1.165, 1.54) is 31.2 Å². The van der Waals surface area contributed by atoms with E-state index in [4.69, 9.17) is 4.74 Å². The van der Waals surface area contributed by atoms with Gasteiger partial charge in [-0.05, 0) is 18.5 Å². The Morgan fingerprint density at radius 3 is 2.50 bits per heavy atom. The molecule has 102 valence electrons. The first-order valence-corrected chi connectivity index (χ1v) is 7.24. The van der Waals surface area contributed by atoms with Gasteiger partial charge in [-0.1, -0.05) is 63.4 Å². The van der Waals surface area contributed by atoms with Crippen LogP contribution in [0.15, 0.2) is 30.3 Å². The molecule has 0 radical (unpaired) electrons. The van der Waals surface area contributed by atoms with Crippen LogP contribution in [0.5, 0.6) is 0 Å². The second kappa shape index (κ2) is 10.1. The van der Waals surface area contributed by atoms with E-state index in [0.29, 0.717) is 6.04 Å². The average molecular weight is 249 g/mol. The Labute approximate surface area is 112 Å². The highest BCUT2D eigenvalue weighted by molar-refractivity contribution is 5.18. The SMILES string of the molecule is CCCCCCOCC(NCC)c1ccccc1. The normalized spacial score (nSPS) is 12.6. The van der Waals surface area contributed by atoms with Crippen LogP contribution in [0.3, 0.4) is 0 Å². The Balaban J connectivity index is 2.26. The molecule has 0 amide bonds. The zero-order valence-corrected chi connectivity index (χ0v) is 11.8. The molecule has 0 saturated carbocycles. The van der Waals surface area contributed by atoms with Crippen LogP contribution in [0.2, 0.25) is 0 Å². The third-order valence-corrected chi connectivity index (χ3v) is 3.08. The average Bonchev–Trinajstić information content (AvgIpc) is 2.42. The molecule has 2 heteroatoms. The zero-order chi connectivity index (χ0) is 13.1. The second-order valence-electron chi connectivity index (χ2n) is 4.66. The van der Waals surface area contributed by atoms with Crippen molar-refractivity contribution in [1.29, 1.82) is 0 Å². The molecule has 0 saturated heterocycles. The maximum atomic E-state index is 5.79. The van der Waals surface area contributed by atoms with Crippen LogP contribution < -0.4 is 5.32 Å². The van der Waals surface area contributed by atoms with E-state index in [9.17, 15) is 0 Å². The molecular formula is C16H27NO. The summed E-state index contributed by atoms with van der Waals surface area (Å²) in [6, 6.07) is 10.9. The number of unbranched alkanes of at least 4 members (excludes halogenated alkanes) is 3. The molecule has 0 heterocycles. The summed E-state index contributed by atoms with van der Waals surface area (Å²) in [6.45, 7) is 6.99. The van der Waals surface area contributed by atoms with E-state index in [1.54, 1.807) is 0 Å². The molecule has 0 spiro atoms. The Kier molecular flexibility index (Phi) is 8.53. The van der Waals surface area contributed by atoms with E-state index in [1.807, 2.05) is 0 Å². The topological polar surface area (TPSA) is 21.3 Å². The summed E-state index contributed by atoms with van der Waals surface area (Å²) in [5.74, 6) is 0. The highest BCUT2D eigenvalue weighted by Crippen LogP contribution is 2.13. The molecule has 1 N–H and O–H groups in total. The lowest BCUT2D eigenvalue weighted by atomic mass is 10.1. The van der Waals surface area contributed by atoms with E-state index >= 15 is 0 Å². The highest BCUT2D eigenvalue weighted by Gasteiger charge is 2.09. The molecular weight excluding hydrogens is 222 g/mol. The predicted octanol–water partition coefficient (Wildman–Crippen LogP) is 3.93. The molecule has 1 aromatic carbocycles. The van der Waals surface area contributed by atoms with Crippen molar-refractivity contribution < 1.29 is 4.74 Å². The highest BCUT2D eigenvalue weighted by atomic mass is 16.5. The molecule has 1 atom stereocenters. The van der Waals surface area contributed by atoms with Crippen LogP contribution in [-0.4, -0.2) is 19.8 Å². The number of ether oxygens (including phenoxy) is 1. The maximum absolute atomic E-state index is 5.79. The lowest BCUT2D eigenvalue weighted by Gasteiger charge is -2.18. The largest absolute Gasteiger partial charge is 0.379 e. The maximum Gasteiger partial charge on any atom is 0.0661 e. The fourth-order valence-corrected chi connectivity index (χ4v) is 2.04. The third-order valence-electron chi connectivity index (χ3n) is 3.08. The molecule has 2 nitrogen and oxygen atoms in total. The summed E-state index contributed by atoms with van der Waals surface area (Å²) < 4.78 is 5.79. The Morgan fingerprint density at radius 2 is 1.83 bits per heavy atom. The lowest BCUT2D eigenvalue weighted by molar-refractivity contribution is 0.108. The fraction of sp³-hybridized carbons (Fsp3) is 0.625. The van der Waals surface area contributed by atoms with Gasteiger partial charge in [0.25, 0.3) is 0 Å². The quantitative estimate of drug-likeness (QED) is 0.634. The van der Waals surface area contributed by atoms with E-state index in [0.717, 1.165) is 19.8 Å². The molecule has 1 rings (SSSR count). The summed E-state index contributed by atoms with van der Waals surface area (Å²) in [7, 11) is 0. The van der Waals surface area contributed by atoms with Crippen molar-refractivity contribution in [3.05, 3.63) is 35.9 Å². The molecule has 0 bridgehead atoms. The van der Waals surface area contributed by atoms with Gasteiger partial charge >= 0.3 is 0 Å². The number of hydrogen-bond donors (Lipinski definition) is 1. The van der Waals surface area contributed by atoms with Gasteiger partial charge < -0.3 is 10.1 Å². The van der Waals surface area contributed by atoms with E-state index in [2.05, 4.69) is 49.5 Å². The first-order chi connectivity index (χ1) is 8.88. The van der Waals surface area contributed by atoms with Gasteiger partial charge in [-0.3, -0.25) is 0 Å². The van der Waals surface area contributed by atoms with Gasteiger partial charge in [0.15, 0.2) is 0 Å². The van der Waals surface area contributed by atoms with Crippen LogP contribution in [-0.2, 0) is 4.74 Å². The van der Waals surface area contributed by atoms with E-state index in [-0.39, 0.29) is 0 Å². The fourth-order valence-electron chi connectivity index (χ4n) is 2.04. The van der Waals surface area contributed by atoms with Crippen LogP contribution in [0, 0.1) is 0 Å². The smallest absolute Gasteiger partial charge is 0.0661 e. The second-order valence-corrected chi connectivity index (χ2v) is 4.66. The van der Waals surface area contributed by atoms with Crippen LogP contribution >= 0.6 is 0 Å². The van der Waals surface area contributed by atoms with Gasteiger partial charge in [0.2, 0.25) is 0 Å². The number of nitrogens with one attached hydrogen (secondary N) is 1. The third kappa shape index (κ3) is 6.18. The summed E-state index contributed by atoms with van der Waals surface area (Å²) in [5, 5.41) is 3.48. The van der Waals surface area contributed by atoms with Crippen molar-refractivity contribution in [3.63, 3.8) is 0 Å². The molecule has 0 aliphatic heterocycles. The van der Waals surface area contributed by atoms with Crippen LogP contribution in [0.25, 0.3) is 0 Å². The molecule has 0 fully saturated rings. The Bertz CT molecular complexity index is 286. The first kappa shape index (κ1) is 15.2. The van der Waals surface area contributed by atoms with Gasteiger partial charge in [-0.2, -0.15) is 0 Å². The van der Waals surface area contributed by atoms with Crippen LogP contribution in [0.1, 0.15) is 51.1 Å². The van der Waals surface area contributed by atoms with Crippen molar-refractivity contribution in [2.45, 2.75) is 45.6 Å².